The third kappa shape index (κ3) is 87.0. The molecule has 1 N–H and O–H groups in total. The standard InChI is InChI=1S/C2H5O.3ClH.Mg.Zn/c1-2-3;;;;;/h2-3H,1H3;3*1H;;/q-1;;;;2*+2/p-3. The van der Waals surface area contributed by atoms with Crippen LogP contribution in [-0.2, 0) is 15.1 Å². The Morgan fingerprint density at radius 3 is 1.50 bits per heavy atom. The predicted octanol–water partition coefficient (Wildman–Crippen LogP) is -1.46. The molecule has 0 spiro atoms. The quantitative estimate of drug-likeness (QED) is 0.406. The second kappa shape index (κ2) is 35.0. The van der Waals surface area contributed by atoms with Gasteiger partial charge in [0.05, 0.1) is 0 Å². The van der Waals surface area contributed by atoms with E-state index in [1.54, 1.807) is 6.92 Å². The van der Waals surface area contributed by atoms with Crippen molar-refractivity contribution in [1.29, 1.82) is 0 Å². The van der Waals surface area contributed by atoms with Crippen LogP contribution in [0.25, 0.3) is 0 Å². The first-order valence-electron chi connectivity index (χ1n) is 1.37. The van der Waals surface area contributed by atoms with Crippen molar-refractivity contribution in [2.45, 2.75) is 6.92 Å². The number of hydrogen-bond acceptors (Lipinski definition) is 1. The summed E-state index contributed by atoms with van der Waals surface area (Å²) < 4.78 is 0. The smallest absolute Gasteiger partial charge is 2.00 e. The fraction of sp³-hybridized carbons (Fsp3) is 0.500. The van der Waals surface area contributed by atoms with Gasteiger partial charge in [0.25, 0.3) is 0 Å². The summed E-state index contributed by atoms with van der Waals surface area (Å²) >= 11 is -0.931. The molecule has 1 nitrogen and oxygen atoms in total. The van der Waals surface area contributed by atoms with Crippen molar-refractivity contribution < 1.29 is 32.7 Å². The molecule has 0 aromatic heterocycles. The van der Waals surface area contributed by atoms with E-state index >= 15 is 0 Å². The van der Waals surface area contributed by atoms with E-state index in [4.69, 9.17) is 24.5 Å². The summed E-state index contributed by atoms with van der Waals surface area (Å²) in [6.45, 7) is 2.56. The van der Waals surface area contributed by atoms with Crippen LogP contribution in [0, 0.1) is 6.61 Å². The molecule has 6 heteroatoms. The molecular weight excluding hydrogens is 236 g/mol. The molecule has 0 unspecified atom stereocenters. The van der Waals surface area contributed by atoms with Crippen LogP contribution >= 0.6 is 19.4 Å². The molecule has 0 aliphatic heterocycles. The molecule has 0 amide bonds. The first kappa shape index (κ1) is 22.5. The van der Waals surface area contributed by atoms with E-state index in [2.05, 4.69) is 0 Å². The van der Waals surface area contributed by atoms with Crippen molar-refractivity contribution in [3.8, 4) is 0 Å². The van der Waals surface area contributed by atoms with Crippen LogP contribution in [0.5, 0.6) is 0 Å². The van der Waals surface area contributed by atoms with Crippen molar-refractivity contribution in [2.24, 2.45) is 0 Å². The van der Waals surface area contributed by atoms with Gasteiger partial charge in [0, 0.05) is 0 Å². The third-order valence-corrected chi connectivity index (χ3v) is 0. The van der Waals surface area contributed by atoms with Crippen LogP contribution in [0.2, 0.25) is 0 Å². The molecule has 0 aromatic rings. The fourth-order valence-corrected chi connectivity index (χ4v) is 0. The number of rotatable bonds is 0. The van der Waals surface area contributed by atoms with Gasteiger partial charge >= 0.3 is 57.6 Å². The monoisotopic (exact) mass is 238 g/mol. The molecule has 0 aromatic carbocycles. The number of aliphatic hydroxyl groups is 1. The van der Waals surface area contributed by atoms with Gasteiger partial charge in [-0.25, -0.2) is 6.61 Å². The van der Waals surface area contributed by atoms with E-state index < -0.39 is 15.1 Å². The maximum atomic E-state index is 7.44. The minimum atomic E-state index is -0.931. The number of halogens is 3. The van der Waals surface area contributed by atoms with Crippen molar-refractivity contribution >= 4 is 42.4 Å². The zero-order valence-corrected chi connectivity index (χ0v) is 11.2. The fourth-order valence-electron chi connectivity index (χ4n) is 0. The van der Waals surface area contributed by atoms with E-state index in [0.29, 0.717) is 0 Å². The van der Waals surface area contributed by atoms with Crippen LogP contribution in [0.3, 0.4) is 0 Å². The van der Waals surface area contributed by atoms with Gasteiger partial charge in [-0.05, 0) is 0 Å². The average molecular weight is 241 g/mol. The van der Waals surface area contributed by atoms with Crippen molar-refractivity contribution in [1.82, 2.24) is 0 Å². The number of aliphatic hydroxyl groups excluding tert-OH is 1. The summed E-state index contributed by atoms with van der Waals surface area (Å²) in [6.07, 6.45) is 0. The van der Waals surface area contributed by atoms with Gasteiger partial charge in [-0.2, -0.15) is 6.92 Å². The minimum absolute atomic E-state index is 0. The van der Waals surface area contributed by atoms with Crippen molar-refractivity contribution in [3.05, 3.63) is 6.61 Å². The molecule has 0 rings (SSSR count). The molecule has 0 bridgehead atoms. The first-order chi connectivity index (χ1) is 2.83. The Balaban J connectivity index is -0.0000000160. The number of hydrogen-bond donors (Lipinski definition) is 1. The molecule has 0 aliphatic rings. The molecule has 8 heavy (non-hydrogen) atoms. The molecular formula is C2H5Cl3MgOZn. The van der Waals surface area contributed by atoms with Crippen LogP contribution < -0.4 is 12.4 Å². The Morgan fingerprint density at radius 2 is 1.50 bits per heavy atom. The zero-order chi connectivity index (χ0) is 5.41. The Morgan fingerprint density at radius 1 is 1.50 bits per heavy atom. The second-order valence-corrected chi connectivity index (χ2v) is 4.98. The van der Waals surface area contributed by atoms with Gasteiger partial charge in [0.15, 0.2) is 0 Å². The molecule has 0 fully saturated rings. The van der Waals surface area contributed by atoms with E-state index in [1.807, 2.05) is 0 Å². The molecule has 0 atom stereocenters. The summed E-state index contributed by atoms with van der Waals surface area (Å²) in [4.78, 5) is 0. The van der Waals surface area contributed by atoms with Crippen LogP contribution in [0.1, 0.15) is 6.92 Å². The van der Waals surface area contributed by atoms with Gasteiger partial charge in [0.2, 0.25) is 0 Å². The normalized spacial score (nSPS) is 3.50. The van der Waals surface area contributed by atoms with Gasteiger partial charge in [-0.15, -0.1) is 0 Å². The SMILES string of the molecule is C[CH-]O.[Cl-].[Cl][Zn][Cl].[Mg+2]. The van der Waals surface area contributed by atoms with Gasteiger partial charge in [0.1, 0.15) is 0 Å². The van der Waals surface area contributed by atoms with Crippen LogP contribution in [0.4, 0.5) is 0 Å². The van der Waals surface area contributed by atoms with E-state index in [0.717, 1.165) is 6.61 Å². The van der Waals surface area contributed by atoms with Crippen LogP contribution in [-0.4, -0.2) is 28.2 Å². The topological polar surface area (TPSA) is 20.2 Å². The van der Waals surface area contributed by atoms with Crippen molar-refractivity contribution in [2.75, 3.05) is 0 Å². The summed E-state index contributed by atoms with van der Waals surface area (Å²) in [5.41, 5.74) is 0. The predicted molar refractivity (Wildman–Crippen MR) is 29.4 cm³/mol. The Kier molecular flexibility index (Phi) is 98.2. The Labute approximate surface area is 87.7 Å². The van der Waals surface area contributed by atoms with Gasteiger partial charge in [-0.1, -0.05) is 0 Å². The average Bonchev–Trinajstić information content (AvgIpc) is 1.39. The van der Waals surface area contributed by atoms with E-state index in [-0.39, 0.29) is 35.5 Å². The van der Waals surface area contributed by atoms with Gasteiger partial charge in [-0.3, -0.25) is 0 Å². The second-order valence-electron chi connectivity index (χ2n) is 0.359. The molecule has 44 valence electrons. The van der Waals surface area contributed by atoms with Crippen molar-refractivity contribution in [3.63, 3.8) is 0 Å². The third-order valence-electron chi connectivity index (χ3n) is 0. The maximum Gasteiger partial charge on any atom is 2.00 e. The summed E-state index contributed by atoms with van der Waals surface area (Å²) in [7, 11) is 9.90. The summed E-state index contributed by atoms with van der Waals surface area (Å²) in [5, 5.41) is 7.44. The summed E-state index contributed by atoms with van der Waals surface area (Å²) in [6, 6.07) is 0. The summed E-state index contributed by atoms with van der Waals surface area (Å²) in [5.74, 6) is 0. The van der Waals surface area contributed by atoms with E-state index in [9.17, 15) is 0 Å². The Bertz CT molecular complexity index is 19.2. The maximum absolute atomic E-state index is 7.44. The van der Waals surface area contributed by atoms with Gasteiger partial charge < -0.3 is 17.5 Å². The molecule has 0 radical (unpaired) electrons. The molecule has 0 aliphatic carbocycles. The molecule has 0 heterocycles. The molecule has 0 saturated carbocycles. The largest absolute Gasteiger partial charge is 2.00 e. The van der Waals surface area contributed by atoms with E-state index in [1.165, 1.54) is 0 Å². The minimum Gasteiger partial charge on any atom is 2.00 e. The van der Waals surface area contributed by atoms with Crippen LogP contribution in [0.15, 0.2) is 0 Å². The molecule has 0 saturated heterocycles. The Hall–Kier alpha value is 2.22. The zero-order valence-electron chi connectivity index (χ0n) is 4.57. The first-order valence-corrected chi connectivity index (χ1v) is 9.17.